The summed E-state index contributed by atoms with van der Waals surface area (Å²) < 4.78 is 35.6. The second-order valence-corrected chi connectivity index (χ2v) is 32.0. The molecule has 0 unspecified atom stereocenters. The van der Waals surface area contributed by atoms with E-state index in [0.717, 1.165) is 79.3 Å². The van der Waals surface area contributed by atoms with Gasteiger partial charge in [-0.2, -0.15) is 0 Å². The molecule has 234 valence electrons. The molecular weight excluding hydrogens is 573 g/mol. The van der Waals surface area contributed by atoms with E-state index in [1.807, 2.05) is 0 Å². The Morgan fingerprint density at radius 2 is 0.718 bits per heavy atom. The summed E-state index contributed by atoms with van der Waals surface area (Å²) in [5, 5.41) is 0. The van der Waals surface area contributed by atoms with E-state index >= 15 is 0 Å². The van der Waals surface area contributed by atoms with Gasteiger partial charge in [-0.1, -0.05) is 90.0 Å². The van der Waals surface area contributed by atoms with Gasteiger partial charge in [-0.25, -0.2) is 0 Å². The zero-order valence-electron chi connectivity index (χ0n) is 28.2. The van der Waals surface area contributed by atoms with Crippen LogP contribution in [0.15, 0.2) is 0 Å². The summed E-state index contributed by atoms with van der Waals surface area (Å²) >= 11 is 0. The van der Waals surface area contributed by atoms with Crippen molar-refractivity contribution in [1.82, 2.24) is 0 Å². The predicted octanol–water partition coefficient (Wildman–Crippen LogP) is 9.97. The molecule has 0 rings (SSSR count). The van der Waals surface area contributed by atoms with Gasteiger partial charge in [0.25, 0.3) is 5.97 Å². The van der Waals surface area contributed by atoms with E-state index in [0.29, 0.717) is 0 Å². The Morgan fingerprint density at radius 1 is 0.436 bits per heavy atom. The molecule has 0 bridgehead atoms. The number of carbonyl (C=O) groups is 1. The molecule has 0 saturated heterocycles. The molecule has 0 N–H and O–H groups in total. The highest BCUT2D eigenvalue weighted by atomic mass is 28.5. The van der Waals surface area contributed by atoms with Gasteiger partial charge in [0.2, 0.25) is 0 Å². The van der Waals surface area contributed by atoms with Crippen molar-refractivity contribution < 1.29 is 25.7 Å². The molecule has 0 amide bonds. The highest BCUT2D eigenvalue weighted by molar-refractivity contribution is 6.92. The molecule has 6 nitrogen and oxygen atoms in total. The number of rotatable bonds is 23. The first-order chi connectivity index (χ1) is 18.4. The Hall–Kier alpha value is 0.394. The molecule has 0 aliphatic heterocycles. The standard InChI is InChI=1S/C28H66O6Si5/c1-14-27(15-2)28(29)30-36(19-6,20-7)32-38(23-10,24-11)34-39(25-12,26-13)33-37(21-8,22-9)31-35(16-3,17-4)18-5/h27H,14-26H2,1-13H3. The van der Waals surface area contributed by atoms with Gasteiger partial charge >= 0.3 is 34.2 Å². The second kappa shape index (κ2) is 18.1. The maximum Gasteiger partial charge on any atom is 0.392 e. The number of hydrogen-bond acceptors (Lipinski definition) is 6. The topological polar surface area (TPSA) is 63.2 Å². The number of hydrogen-bond donors (Lipinski definition) is 0. The minimum Gasteiger partial charge on any atom is -0.494 e. The largest absolute Gasteiger partial charge is 0.494 e. The summed E-state index contributed by atoms with van der Waals surface area (Å²) in [5.74, 6) is -0.159. The normalized spacial score (nSPS) is 13.8. The van der Waals surface area contributed by atoms with Crippen LogP contribution in [0.5, 0.6) is 0 Å². The van der Waals surface area contributed by atoms with Gasteiger partial charge in [0, 0.05) is 0 Å². The van der Waals surface area contributed by atoms with Gasteiger partial charge in [0.15, 0.2) is 8.32 Å². The van der Waals surface area contributed by atoms with Crippen LogP contribution in [0, 0.1) is 5.92 Å². The van der Waals surface area contributed by atoms with E-state index in [1.165, 1.54) is 0 Å². The van der Waals surface area contributed by atoms with Crippen molar-refractivity contribution in [3.8, 4) is 0 Å². The first-order valence-corrected chi connectivity index (χ1v) is 27.9. The molecular formula is C28H66O6Si5. The molecule has 0 heterocycles. The van der Waals surface area contributed by atoms with E-state index in [9.17, 15) is 4.79 Å². The lowest BCUT2D eigenvalue weighted by Crippen LogP contribution is -2.64. The minimum atomic E-state index is -2.79. The summed E-state index contributed by atoms with van der Waals surface area (Å²) in [6.07, 6.45) is 1.59. The summed E-state index contributed by atoms with van der Waals surface area (Å²) in [7, 11) is -12.5. The summed E-state index contributed by atoms with van der Waals surface area (Å²) in [4.78, 5) is 13.2. The van der Waals surface area contributed by atoms with Crippen LogP contribution in [0.25, 0.3) is 0 Å². The molecule has 0 spiro atoms. The van der Waals surface area contributed by atoms with Crippen LogP contribution in [-0.2, 0) is 25.7 Å². The zero-order valence-corrected chi connectivity index (χ0v) is 33.2. The van der Waals surface area contributed by atoms with Gasteiger partial charge in [0.05, 0.1) is 5.92 Å². The zero-order chi connectivity index (χ0) is 30.4. The van der Waals surface area contributed by atoms with Gasteiger partial charge in [0.1, 0.15) is 0 Å². The van der Waals surface area contributed by atoms with Gasteiger partial charge in [-0.05, 0) is 79.3 Å². The highest BCUT2D eigenvalue weighted by Crippen LogP contribution is 2.39. The van der Waals surface area contributed by atoms with Crippen molar-refractivity contribution in [2.24, 2.45) is 5.92 Å². The third-order valence-corrected chi connectivity index (χ3v) is 34.6. The van der Waals surface area contributed by atoms with Crippen molar-refractivity contribution >= 4 is 48.5 Å². The molecule has 0 radical (unpaired) electrons. The molecule has 39 heavy (non-hydrogen) atoms. The van der Waals surface area contributed by atoms with Crippen LogP contribution >= 0.6 is 0 Å². The molecule has 0 atom stereocenters. The fraction of sp³-hybridized carbons (Fsp3) is 0.964. The van der Waals surface area contributed by atoms with Crippen LogP contribution in [0.2, 0.25) is 66.5 Å². The summed E-state index contributed by atoms with van der Waals surface area (Å²) in [5.41, 5.74) is 0. The van der Waals surface area contributed by atoms with Gasteiger partial charge in [-0.3, -0.25) is 4.79 Å². The monoisotopic (exact) mass is 638 g/mol. The smallest absolute Gasteiger partial charge is 0.392 e. The molecule has 0 fully saturated rings. The van der Waals surface area contributed by atoms with Crippen molar-refractivity contribution in [3.05, 3.63) is 0 Å². The number of carbonyl (C=O) groups excluding carboxylic acids is 1. The SMILES string of the molecule is CCC(CC)C(=O)O[Si](CC)(CC)O[Si](CC)(CC)O[Si](CC)(CC)O[Si](CC)(CC)O[Si](CC)(CC)CC. The molecule has 0 aromatic rings. The van der Waals surface area contributed by atoms with E-state index in [4.69, 9.17) is 20.9 Å². The summed E-state index contributed by atoms with van der Waals surface area (Å²) in [6.45, 7) is 28.6. The fourth-order valence-corrected chi connectivity index (χ4v) is 32.7. The first kappa shape index (κ1) is 39.4. The van der Waals surface area contributed by atoms with E-state index < -0.39 is 42.6 Å². The van der Waals surface area contributed by atoms with Crippen molar-refractivity contribution in [3.63, 3.8) is 0 Å². The van der Waals surface area contributed by atoms with Crippen LogP contribution < -0.4 is 0 Å². The lowest BCUT2D eigenvalue weighted by atomic mass is 10.0. The fourth-order valence-electron chi connectivity index (χ4n) is 5.50. The molecule has 0 aliphatic carbocycles. The minimum absolute atomic E-state index is 0.0695. The third kappa shape index (κ3) is 10.3. The Kier molecular flexibility index (Phi) is 18.3. The van der Waals surface area contributed by atoms with Gasteiger partial charge in [-0.15, -0.1) is 0 Å². The van der Waals surface area contributed by atoms with Crippen LogP contribution in [-0.4, -0.2) is 48.5 Å². The quantitative estimate of drug-likeness (QED) is 0.104. The van der Waals surface area contributed by atoms with Crippen molar-refractivity contribution in [2.75, 3.05) is 0 Å². The molecule has 0 saturated carbocycles. The van der Waals surface area contributed by atoms with Crippen molar-refractivity contribution in [1.29, 1.82) is 0 Å². The molecule has 0 aromatic carbocycles. The lowest BCUT2D eigenvalue weighted by Gasteiger charge is -2.48. The molecule has 11 heteroatoms. The Morgan fingerprint density at radius 3 is 0.974 bits per heavy atom. The molecule has 0 aliphatic rings. The van der Waals surface area contributed by atoms with Crippen molar-refractivity contribution in [2.45, 2.75) is 169 Å². The Labute approximate surface area is 248 Å². The Balaban J connectivity index is 6.52. The van der Waals surface area contributed by atoms with Crippen LogP contribution in [0.1, 0.15) is 103 Å². The maximum atomic E-state index is 13.2. The van der Waals surface area contributed by atoms with Crippen LogP contribution in [0.4, 0.5) is 0 Å². The predicted molar refractivity (Wildman–Crippen MR) is 179 cm³/mol. The Bertz CT molecular complexity index is 663. The van der Waals surface area contributed by atoms with Crippen LogP contribution in [0.3, 0.4) is 0 Å². The van der Waals surface area contributed by atoms with Gasteiger partial charge < -0.3 is 20.9 Å². The summed E-state index contributed by atoms with van der Waals surface area (Å²) in [6, 6.07) is 10.1. The van der Waals surface area contributed by atoms with E-state index in [-0.39, 0.29) is 11.9 Å². The first-order valence-electron chi connectivity index (χ1n) is 16.4. The maximum absolute atomic E-state index is 13.2. The van der Waals surface area contributed by atoms with E-state index in [2.05, 4.69) is 90.0 Å². The average molecular weight is 639 g/mol. The third-order valence-electron chi connectivity index (χ3n) is 9.37. The second-order valence-electron chi connectivity index (χ2n) is 11.1. The molecule has 0 aromatic heterocycles. The average Bonchev–Trinajstić information content (AvgIpc) is 2.98. The highest BCUT2D eigenvalue weighted by Gasteiger charge is 2.55. The van der Waals surface area contributed by atoms with E-state index in [1.54, 1.807) is 0 Å². The lowest BCUT2D eigenvalue weighted by molar-refractivity contribution is -0.141.